The Bertz CT molecular complexity index is 254. The van der Waals surface area contributed by atoms with Crippen molar-refractivity contribution in [1.82, 2.24) is 4.42 Å². The molecule has 1 atom stereocenters. The minimum Gasteiger partial charge on any atom is -0.298 e. The average molecular weight is 225 g/mol. The highest BCUT2D eigenvalue weighted by Crippen LogP contribution is 2.28. The molecule has 0 aliphatic carbocycles. The van der Waals surface area contributed by atoms with Crippen LogP contribution in [-0.4, -0.2) is 28.7 Å². The molecule has 1 rings (SSSR count). The Morgan fingerprint density at radius 2 is 2.50 bits per heavy atom. The van der Waals surface area contributed by atoms with E-state index in [1.807, 2.05) is 6.26 Å². The van der Waals surface area contributed by atoms with Crippen molar-refractivity contribution in [3.8, 4) is 0 Å². The molecular weight excluding hydrogens is 219 g/mol. The lowest BCUT2D eigenvalue weighted by Gasteiger charge is -2.24. The molecule has 0 radical (unpaired) electrons. The van der Waals surface area contributed by atoms with Crippen LogP contribution in [0.15, 0.2) is 15.7 Å². The van der Waals surface area contributed by atoms with Crippen LogP contribution in [-0.2, 0) is 4.79 Å². The van der Waals surface area contributed by atoms with E-state index in [0.717, 1.165) is 0 Å². The van der Waals surface area contributed by atoms with Crippen LogP contribution in [0, 0.1) is 0 Å². The van der Waals surface area contributed by atoms with Gasteiger partial charge in [-0.25, -0.2) is 4.42 Å². The first-order chi connectivity index (χ1) is 5.70. The van der Waals surface area contributed by atoms with Gasteiger partial charge >= 0.3 is 0 Å². The van der Waals surface area contributed by atoms with E-state index in [1.165, 1.54) is 22.4 Å². The van der Waals surface area contributed by atoms with Gasteiger partial charge in [0.05, 0.1) is 5.57 Å². The zero-order valence-corrected chi connectivity index (χ0v) is 8.53. The summed E-state index contributed by atoms with van der Waals surface area (Å²) in [4.78, 5) is 14.4. The largest absolute Gasteiger partial charge is 0.298 e. The number of rotatable bonds is 2. The summed E-state index contributed by atoms with van der Waals surface area (Å²) in [5, 5.41) is 0.223. The van der Waals surface area contributed by atoms with Crippen LogP contribution in [0.4, 0.5) is 0 Å². The van der Waals surface area contributed by atoms with Gasteiger partial charge in [0, 0.05) is 18.0 Å². The molecule has 0 bridgehead atoms. The van der Waals surface area contributed by atoms with Gasteiger partial charge in [-0.1, -0.05) is 11.6 Å². The molecule has 1 unspecified atom stereocenters. The second kappa shape index (κ2) is 4.16. The lowest BCUT2D eigenvalue weighted by Crippen LogP contribution is -2.24. The Hall–Kier alpha value is -0.190. The molecule has 3 nitrogen and oxygen atoms in total. The predicted octanol–water partition coefficient (Wildman–Crippen LogP) is 1.82. The summed E-state index contributed by atoms with van der Waals surface area (Å²) >= 11 is 12.9. The van der Waals surface area contributed by atoms with Gasteiger partial charge in [-0.3, -0.25) is 9.79 Å². The molecule has 0 aromatic carbocycles. The first-order valence-corrected chi connectivity index (χ1v) is 5.07. The number of carbonyl (C=O) groups is 1. The van der Waals surface area contributed by atoms with Crippen molar-refractivity contribution in [2.45, 2.75) is 5.50 Å². The van der Waals surface area contributed by atoms with Gasteiger partial charge in [0.15, 0.2) is 11.8 Å². The van der Waals surface area contributed by atoms with Gasteiger partial charge < -0.3 is 0 Å². The summed E-state index contributed by atoms with van der Waals surface area (Å²) in [7, 11) is 0. The minimum atomic E-state index is -0.247. The smallest absolute Gasteiger partial charge is 0.183 e. The molecule has 0 spiro atoms. The lowest BCUT2D eigenvalue weighted by atomic mass is 10.3. The molecule has 0 N–H and O–H groups in total. The molecule has 0 amide bonds. The van der Waals surface area contributed by atoms with E-state index in [4.69, 9.17) is 23.4 Å². The van der Waals surface area contributed by atoms with Crippen LogP contribution in [0.1, 0.15) is 0 Å². The highest BCUT2D eigenvalue weighted by Gasteiger charge is 2.22. The van der Waals surface area contributed by atoms with Crippen molar-refractivity contribution >= 4 is 47.6 Å². The topological polar surface area (TPSA) is 32.7 Å². The van der Waals surface area contributed by atoms with E-state index in [1.54, 1.807) is 0 Å². The molecule has 0 aromatic rings. The zero-order chi connectivity index (χ0) is 9.14. The molecule has 0 saturated heterocycles. The van der Waals surface area contributed by atoms with Gasteiger partial charge in [-0.05, 0) is 6.26 Å². The molecule has 6 heteroatoms. The van der Waals surface area contributed by atoms with E-state index in [0.29, 0.717) is 11.9 Å². The van der Waals surface area contributed by atoms with Crippen LogP contribution in [0.2, 0.25) is 0 Å². The quantitative estimate of drug-likeness (QED) is 0.408. The number of aliphatic imine (C=N–C) groups is 1. The first-order valence-electron chi connectivity index (χ1n) is 3.06. The fourth-order valence-corrected chi connectivity index (χ4v) is 1.81. The summed E-state index contributed by atoms with van der Waals surface area (Å²) < 4.78 is 1.23. The Morgan fingerprint density at radius 3 is 3.00 bits per heavy atom. The van der Waals surface area contributed by atoms with Gasteiger partial charge in [-0.2, -0.15) is 0 Å². The molecule has 1 aliphatic rings. The lowest BCUT2D eigenvalue weighted by molar-refractivity contribution is -0.104. The number of thioether (sulfide) groups is 1. The van der Waals surface area contributed by atoms with Gasteiger partial charge in [0.1, 0.15) is 5.16 Å². The number of allylic oxidation sites excluding steroid dienone is 1. The number of carbonyl (C=O) groups excluding carboxylic acids is 1. The first kappa shape index (κ1) is 9.89. The summed E-state index contributed by atoms with van der Waals surface area (Å²) in [6, 6.07) is 0. The predicted molar refractivity (Wildman–Crippen MR) is 52.4 cm³/mol. The third-order valence-corrected chi connectivity index (χ3v) is 3.01. The van der Waals surface area contributed by atoms with Gasteiger partial charge in [0.2, 0.25) is 0 Å². The van der Waals surface area contributed by atoms with Crippen molar-refractivity contribution in [1.29, 1.82) is 0 Å². The third kappa shape index (κ3) is 1.76. The van der Waals surface area contributed by atoms with Gasteiger partial charge in [-0.15, -0.1) is 11.8 Å². The third-order valence-electron chi connectivity index (χ3n) is 1.30. The maximum atomic E-state index is 10.4. The molecule has 0 aromatic heterocycles. The maximum Gasteiger partial charge on any atom is 0.183 e. The van der Waals surface area contributed by atoms with Crippen LogP contribution in [0.5, 0.6) is 0 Å². The number of hydrogen-bond acceptors (Lipinski definition) is 4. The Kier molecular flexibility index (Phi) is 3.43. The second-order valence-corrected chi connectivity index (χ2v) is 3.63. The van der Waals surface area contributed by atoms with Crippen LogP contribution < -0.4 is 0 Å². The van der Waals surface area contributed by atoms with Crippen molar-refractivity contribution in [3.63, 3.8) is 0 Å². The SMILES string of the molecule is CSC1N=CC(C=O)=C(Cl)N1Cl. The highest BCUT2D eigenvalue weighted by atomic mass is 35.5. The van der Waals surface area contributed by atoms with Crippen LogP contribution >= 0.6 is 35.1 Å². The molecule has 1 heterocycles. The molecule has 0 saturated carbocycles. The van der Waals surface area contributed by atoms with E-state index < -0.39 is 0 Å². The van der Waals surface area contributed by atoms with Crippen molar-refractivity contribution < 1.29 is 4.79 Å². The summed E-state index contributed by atoms with van der Waals surface area (Å²) in [5.41, 5.74) is 0.0554. The molecule has 12 heavy (non-hydrogen) atoms. The zero-order valence-electron chi connectivity index (χ0n) is 6.20. The Labute approximate surface area is 84.5 Å². The normalized spacial score (nSPS) is 23.2. The molecule has 0 fully saturated rings. The van der Waals surface area contributed by atoms with E-state index in [9.17, 15) is 4.79 Å². The fourth-order valence-electron chi connectivity index (χ4n) is 0.709. The van der Waals surface area contributed by atoms with Gasteiger partial charge in [0.25, 0.3) is 0 Å². The van der Waals surface area contributed by atoms with Crippen LogP contribution in [0.25, 0.3) is 0 Å². The molecule has 66 valence electrons. The number of halogens is 2. The minimum absolute atomic E-state index is 0.223. The molecular formula is C6H6Cl2N2OS. The standard InChI is InChI=1S/C6H6Cl2N2OS/c1-12-6-9-2-4(3-11)5(7)10(6)8/h2-3,6H,1H3. The Morgan fingerprint density at radius 1 is 1.83 bits per heavy atom. The van der Waals surface area contributed by atoms with E-state index >= 15 is 0 Å². The van der Waals surface area contributed by atoms with Crippen molar-refractivity contribution in [2.24, 2.45) is 4.99 Å². The average Bonchev–Trinajstić information content (AvgIpc) is 2.10. The van der Waals surface area contributed by atoms with Crippen molar-refractivity contribution in [3.05, 3.63) is 10.7 Å². The number of nitrogens with zero attached hydrogens (tertiary/aromatic N) is 2. The highest BCUT2D eigenvalue weighted by molar-refractivity contribution is 7.99. The van der Waals surface area contributed by atoms with E-state index in [-0.39, 0.29) is 10.7 Å². The monoisotopic (exact) mass is 224 g/mol. The number of aldehydes is 1. The number of hydrogen-bond donors (Lipinski definition) is 0. The fraction of sp³-hybridized carbons (Fsp3) is 0.333. The summed E-state index contributed by atoms with van der Waals surface area (Å²) in [5.74, 6) is 0. The van der Waals surface area contributed by atoms with Crippen LogP contribution in [0.3, 0.4) is 0 Å². The van der Waals surface area contributed by atoms with Crippen molar-refractivity contribution in [2.75, 3.05) is 6.26 Å². The maximum absolute atomic E-state index is 10.4. The second-order valence-electron chi connectivity index (χ2n) is 2.02. The Balaban J connectivity index is 2.90. The van der Waals surface area contributed by atoms with E-state index in [2.05, 4.69) is 4.99 Å². The summed E-state index contributed by atoms with van der Waals surface area (Å²) in [6.07, 6.45) is 3.90. The molecule has 1 aliphatic heterocycles. The summed E-state index contributed by atoms with van der Waals surface area (Å²) in [6.45, 7) is 0.